The van der Waals surface area contributed by atoms with E-state index in [9.17, 15) is 19.1 Å². The number of phenols is 1. The Morgan fingerprint density at radius 1 is 0.944 bits per heavy atom. The first-order chi connectivity index (χ1) is 17.4. The monoisotopic (exact) mass is 487 g/mol. The molecule has 5 N–H and O–H groups in total. The van der Waals surface area contributed by atoms with Crippen LogP contribution in [0, 0.1) is 5.82 Å². The van der Waals surface area contributed by atoms with Crippen molar-refractivity contribution in [3.63, 3.8) is 0 Å². The van der Waals surface area contributed by atoms with Crippen LogP contribution >= 0.6 is 0 Å². The Morgan fingerprint density at radius 3 is 2.42 bits per heavy atom. The van der Waals surface area contributed by atoms with Gasteiger partial charge in [0.2, 0.25) is 5.95 Å². The lowest BCUT2D eigenvalue weighted by atomic mass is 10.1. The van der Waals surface area contributed by atoms with Gasteiger partial charge in [-0.15, -0.1) is 0 Å². The van der Waals surface area contributed by atoms with E-state index in [1.165, 1.54) is 19.2 Å². The number of benzene rings is 2. The summed E-state index contributed by atoms with van der Waals surface area (Å²) in [5, 5.41) is 15.4. The van der Waals surface area contributed by atoms with Crippen LogP contribution in [0.1, 0.15) is 17.4 Å². The zero-order chi connectivity index (χ0) is 25.5. The van der Waals surface area contributed by atoms with Crippen LogP contribution in [0.2, 0.25) is 0 Å². The molecule has 2 heterocycles. The third-order valence-corrected chi connectivity index (χ3v) is 4.89. The number of ketones is 1. The lowest BCUT2D eigenvalue weighted by Crippen LogP contribution is -2.31. The van der Waals surface area contributed by atoms with Crippen LogP contribution in [0.3, 0.4) is 0 Å². The molecule has 182 valence electrons. The largest absolute Gasteiger partial charge is 0.508 e. The number of anilines is 4. The predicted octanol–water partition coefficient (Wildman–Crippen LogP) is 3.88. The van der Waals surface area contributed by atoms with Gasteiger partial charge in [-0.2, -0.15) is 4.98 Å². The van der Waals surface area contributed by atoms with E-state index in [0.717, 1.165) is 23.0 Å². The number of carbonyl (C=O) groups is 2. The fraction of sp³-hybridized carbons (Fsp3) is 0.0800. The first-order valence-electron chi connectivity index (χ1n) is 10.8. The molecule has 0 spiro atoms. The second-order valence-corrected chi connectivity index (χ2v) is 7.71. The van der Waals surface area contributed by atoms with E-state index in [-0.39, 0.29) is 35.5 Å². The SMILES string of the molecule is CC(=O)CNc1nc(NNC(=O)c2ccc(Nc3ccc(-c4cccc(O)c4)cc3)cn2)ncc1F. The number of aromatic nitrogens is 3. The van der Waals surface area contributed by atoms with Gasteiger partial charge in [0.1, 0.15) is 17.2 Å². The van der Waals surface area contributed by atoms with E-state index < -0.39 is 11.7 Å². The maximum Gasteiger partial charge on any atom is 0.288 e. The molecule has 0 bridgehead atoms. The fourth-order valence-corrected chi connectivity index (χ4v) is 3.14. The quantitative estimate of drug-likeness (QED) is 0.222. The van der Waals surface area contributed by atoms with Crippen molar-refractivity contribution in [2.24, 2.45) is 0 Å². The van der Waals surface area contributed by atoms with Crippen molar-refractivity contribution in [2.75, 3.05) is 22.6 Å². The molecular weight excluding hydrogens is 465 g/mol. The van der Waals surface area contributed by atoms with Crippen molar-refractivity contribution in [2.45, 2.75) is 6.92 Å². The zero-order valence-electron chi connectivity index (χ0n) is 19.1. The van der Waals surface area contributed by atoms with Crippen molar-refractivity contribution in [1.82, 2.24) is 20.4 Å². The average Bonchev–Trinajstić information content (AvgIpc) is 2.88. The van der Waals surface area contributed by atoms with Gasteiger partial charge < -0.3 is 15.7 Å². The third kappa shape index (κ3) is 6.29. The Bertz CT molecular complexity index is 1380. The molecule has 0 aliphatic rings. The Kier molecular flexibility index (Phi) is 7.30. The van der Waals surface area contributed by atoms with Crippen LogP contribution in [0.4, 0.5) is 27.5 Å². The number of amides is 1. The highest BCUT2D eigenvalue weighted by atomic mass is 19.1. The van der Waals surface area contributed by atoms with Crippen LogP contribution in [0.25, 0.3) is 11.1 Å². The van der Waals surface area contributed by atoms with Gasteiger partial charge in [0.25, 0.3) is 5.91 Å². The number of hydrogen-bond acceptors (Lipinski definition) is 9. The van der Waals surface area contributed by atoms with Gasteiger partial charge in [0.15, 0.2) is 11.6 Å². The van der Waals surface area contributed by atoms with Gasteiger partial charge in [-0.1, -0.05) is 24.3 Å². The van der Waals surface area contributed by atoms with Crippen molar-refractivity contribution in [3.05, 3.63) is 84.6 Å². The molecule has 0 radical (unpaired) electrons. The summed E-state index contributed by atoms with van der Waals surface area (Å²) in [6, 6.07) is 17.9. The minimum absolute atomic E-state index is 0.0664. The molecule has 10 nitrogen and oxygen atoms in total. The fourth-order valence-electron chi connectivity index (χ4n) is 3.14. The topological polar surface area (TPSA) is 141 Å². The third-order valence-electron chi connectivity index (χ3n) is 4.89. The smallest absolute Gasteiger partial charge is 0.288 e. The molecule has 0 saturated heterocycles. The van der Waals surface area contributed by atoms with Gasteiger partial charge in [-0.3, -0.25) is 20.4 Å². The Morgan fingerprint density at radius 2 is 1.72 bits per heavy atom. The highest BCUT2D eigenvalue weighted by Crippen LogP contribution is 2.25. The minimum Gasteiger partial charge on any atom is -0.508 e. The molecule has 1 amide bonds. The molecule has 0 saturated carbocycles. The number of phenolic OH excluding ortho intramolecular Hbond substituents is 1. The summed E-state index contributed by atoms with van der Waals surface area (Å²) >= 11 is 0. The number of pyridine rings is 1. The molecule has 4 rings (SSSR count). The normalized spacial score (nSPS) is 10.4. The summed E-state index contributed by atoms with van der Waals surface area (Å²) in [6.07, 6.45) is 2.43. The van der Waals surface area contributed by atoms with E-state index in [0.29, 0.717) is 5.69 Å². The number of nitrogens with zero attached hydrogens (tertiary/aromatic N) is 3. The van der Waals surface area contributed by atoms with Gasteiger partial charge in [-0.25, -0.2) is 14.4 Å². The number of hydrogen-bond donors (Lipinski definition) is 5. The second kappa shape index (κ2) is 10.9. The molecule has 36 heavy (non-hydrogen) atoms. The Labute approximate surface area is 205 Å². The van der Waals surface area contributed by atoms with Crippen molar-refractivity contribution >= 4 is 34.8 Å². The number of halogens is 1. The zero-order valence-corrected chi connectivity index (χ0v) is 19.1. The van der Waals surface area contributed by atoms with Crippen LogP contribution < -0.4 is 21.5 Å². The van der Waals surface area contributed by atoms with Crippen LogP contribution in [-0.4, -0.2) is 38.3 Å². The highest BCUT2D eigenvalue weighted by molar-refractivity contribution is 5.93. The highest BCUT2D eigenvalue weighted by Gasteiger charge is 2.11. The average molecular weight is 487 g/mol. The molecule has 0 unspecified atom stereocenters. The standard InChI is InChI=1S/C25H22FN7O3/c1-15(34)12-28-23-21(26)14-29-25(31-23)33-32-24(36)22-10-9-19(13-27-22)30-18-7-5-16(6-8-18)17-3-2-4-20(35)11-17/h2-11,13-14,30,35H,12H2,1H3,(H,32,36)(H2,28,29,31,33). The maximum atomic E-state index is 13.8. The van der Waals surface area contributed by atoms with E-state index in [2.05, 4.69) is 36.4 Å². The van der Waals surface area contributed by atoms with Crippen molar-refractivity contribution in [3.8, 4) is 16.9 Å². The molecule has 4 aromatic rings. The van der Waals surface area contributed by atoms with E-state index in [1.54, 1.807) is 24.3 Å². The Balaban J connectivity index is 1.33. The van der Waals surface area contributed by atoms with Gasteiger partial charge >= 0.3 is 0 Å². The lowest BCUT2D eigenvalue weighted by molar-refractivity contribution is -0.115. The molecule has 2 aromatic heterocycles. The second-order valence-electron chi connectivity index (χ2n) is 7.71. The molecule has 11 heteroatoms. The molecule has 0 aliphatic carbocycles. The number of carbonyl (C=O) groups excluding carboxylic acids is 2. The number of rotatable bonds is 9. The van der Waals surface area contributed by atoms with Crippen LogP contribution in [0.5, 0.6) is 5.75 Å². The van der Waals surface area contributed by atoms with Gasteiger partial charge in [-0.05, 0) is 54.4 Å². The van der Waals surface area contributed by atoms with Gasteiger partial charge in [0, 0.05) is 5.69 Å². The first kappa shape index (κ1) is 24.1. The van der Waals surface area contributed by atoms with E-state index >= 15 is 0 Å². The lowest BCUT2D eigenvalue weighted by Gasteiger charge is -2.10. The van der Waals surface area contributed by atoms with Gasteiger partial charge in [0.05, 0.1) is 24.6 Å². The number of hydrazine groups is 1. The Hall–Kier alpha value is -5.06. The molecule has 2 aromatic carbocycles. The summed E-state index contributed by atoms with van der Waals surface area (Å²) in [7, 11) is 0. The predicted molar refractivity (Wildman–Crippen MR) is 133 cm³/mol. The van der Waals surface area contributed by atoms with Crippen LogP contribution in [0.15, 0.2) is 73.1 Å². The number of aromatic hydroxyl groups is 1. The minimum atomic E-state index is -0.730. The summed E-state index contributed by atoms with van der Waals surface area (Å²) in [5.41, 5.74) is 8.37. The molecule has 0 aliphatic heterocycles. The molecular formula is C25H22FN7O3. The van der Waals surface area contributed by atoms with E-state index in [1.807, 2.05) is 30.3 Å². The summed E-state index contributed by atoms with van der Waals surface area (Å²) in [5.74, 6) is -1.50. The van der Waals surface area contributed by atoms with Crippen molar-refractivity contribution < 1.29 is 19.1 Å². The maximum absolute atomic E-state index is 13.8. The molecule has 0 atom stereocenters. The summed E-state index contributed by atoms with van der Waals surface area (Å²) in [4.78, 5) is 35.2. The van der Waals surface area contributed by atoms with Crippen LogP contribution in [-0.2, 0) is 4.79 Å². The summed E-state index contributed by atoms with van der Waals surface area (Å²) < 4.78 is 13.8. The first-order valence-corrected chi connectivity index (χ1v) is 10.8. The summed E-state index contributed by atoms with van der Waals surface area (Å²) in [6.45, 7) is 1.26. The number of Topliss-reactive ketones (excluding diaryl/α,β-unsaturated/α-hetero) is 1. The van der Waals surface area contributed by atoms with E-state index in [4.69, 9.17) is 0 Å². The molecule has 0 fully saturated rings. The number of nitrogens with one attached hydrogen (secondary N) is 4. The van der Waals surface area contributed by atoms with Crippen molar-refractivity contribution in [1.29, 1.82) is 0 Å².